The number of carboxylic acid groups (broad SMARTS) is 1. The minimum absolute atomic E-state index is 0.276. The highest BCUT2D eigenvalue weighted by atomic mass is 32.2. The maximum atomic E-state index is 12.0. The maximum Gasteiger partial charge on any atom is 0.323 e. The van der Waals surface area contributed by atoms with Gasteiger partial charge >= 0.3 is 5.97 Å². The molecule has 1 aromatic carbocycles. The number of thioether (sulfide) groups is 1. The minimum Gasteiger partial charge on any atom is -0.480 e. The van der Waals surface area contributed by atoms with Crippen molar-refractivity contribution >= 4 is 46.3 Å². The van der Waals surface area contributed by atoms with Crippen LogP contribution in [0.3, 0.4) is 0 Å². The van der Waals surface area contributed by atoms with Crippen LogP contribution in [-0.2, 0) is 9.59 Å². The van der Waals surface area contributed by atoms with Gasteiger partial charge in [0.25, 0.3) is 5.91 Å². The number of aliphatic carboxylic acids is 1. The van der Waals surface area contributed by atoms with Crippen LogP contribution in [0.4, 0.5) is 0 Å². The van der Waals surface area contributed by atoms with Crippen LogP contribution >= 0.6 is 24.0 Å². The summed E-state index contributed by atoms with van der Waals surface area (Å²) in [6.07, 6.45) is 5.34. The number of rotatable bonds is 4. The molecule has 0 atom stereocenters. The summed E-state index contributed by atoms with van der Waals surface area (Å²) in [5, 5.41) is 8.75. The van der Waals surface area contributed by atoms with E-state index in [0.717, 1.165) is 27.8 Å². The van der Waals surface area contributed by atoms with Crippen molar-refractivity contribution in [3.8, 4) is 0 Å². The fourth-order valence-corrected chi connectivity index (χ4v) is 3.01. The van der Waals surface area contributed by atoms with Gasteiger partial charge in [-0.15, -0.1) is 0 Å². The lowest BCUT2D eigenvalue weighted by atomic mass is 10.1. The number of hydrogen-bond acceptors (Lipinski definition) is 4. The number of aryl methyl sites for hydroxylation is 1. The average Bonchev–Trinajstić information content (AvgIpc) is 2.68. The van der Waals surface area contributed by atoms with E-state index >= 15 is 0 Å². The van der Waals surface area contributed by atoms with Crippen LogP contribution < -0.4 is 0 Å². The highest BCUT2D eigenvalue weighted by molar-refractivity contribution is 8.26. The molecule has 1 saturated heterocycles. The lowest BCUT2D eigenvalue weighted by Gasteiger charge is -2.09. The zero-order chi connectivity index (χ0) is 15.4. The Morgan fingerprint density at radius 1 is 1.43 bits per heavy atom. The second kappa shape index (κ2) is 6.69. The van der Waals surface area contributed by atoms with Crippen LogP contribution in [0.2, 0.25) is 0 Å². The quantitative estimate of drug-likeness (QED) is 0.683. The minimum atomic E-state index is -1.08. The second-order valence-electron chi connectivity index (χ2n) is 4.40. The number of carboxylic acids is 1. The SMILES string of the molecule is Cc1ccccc1/C=C/C=C1\SC(=S)N(CC(=O)O)C1=O. The number of benzene rings is 1. The highest BCUT2D eigenvalue weighted by Crippen LogP contribution is 2.30. The van der Waals surface area contributed by atoms with E-state index in [2.05, 4.69) is 0 Å². The molecule has 2 rings (SSSR count). The Morgan fingerprint density at radius 3 is 2.81 bits per heavy atom. The largest absolute Gasteiger partial charge is 0.480 e. The number of carbonyl (C=O) groups is 2. The van der Waals surface area contributed by atoms with E-state index in [1.165, 1.54) is 0 Å². The van der Waals surface area contributed by atoms with Gasteiger partial charge in [-0.1, -0.05) is 60.4 Å². The molecule has 0 aliphatic carbocycles. The molecule has 108 valence electrons. The zero-order valence-corrected chi connectivity index (χ0v) is 12.9. The topological polar surface area (TPSA) is 57.6 Å². The van der Waals surface area contributed by atoms with Crippen molar-refractivity contribution in [3.63, 3.8) is 0 Å². The molecule has 0 spiro atoms. The number of nitrogens with zero attached hydrogens (tertiary/aromatic N) is 1. The molecule has 1 aromatic rings. The summed E-state index contributed by atoms with van der Waals surface area (Å²) in [5.41, 5.74) is 2.20. The Morgan fingerprint density at radius 2 is 2.14 bits per heavy atom. The summed E-state index contributed by atoms with van der Waals surface area (Å²) in [4.78, 5) is 24.2. The molecule has 0 bridgehead atoms. The molecular weight excluding hydrogens is 306 g/mol. The van der Waals surface area contributed by atoms with Crippen molar-refractivity contribution in [2.75, 3.05) is 6.54 Å². The summed E-state index contributed by atoms with van der Waals surface area (Å²) in [6, 6.07) is 7.89. The monoisotopic (exact) mass is 319 g/mol. The normalized spacial score (nSPS) is 17.2. The summed E-state index contributed by atoms with van der Waals surface area (Å²) < 4.78 is 0.276. The molecule has 0 aromatic heterocycles. The van der Waals surface area contributed by atoms with Gasteiger partial charge in [0.2, 0.25) is 0 Å². The molecule has 4 nitrogen and oxygen atoms in total. The van der Waals surface area contributed by atoms with Crippen LogP contribution in [0.25, 0.3) is 6.08 Å². The van der Waals surface area contributed by atoms with Gasteiger partial charge in [-0.2, -0.15) is 0 Å². The molecule has 0 saturated carbocycles. The van der Waals surface area contributed by atoms with Crippen LogP contribution in [-0.4, -0.2) is 32.7 Å². The van der Waals surface area contributed by atoms with Crippen molar-refractivity contribution in [1.29, 1.82) is 0 Å². The van der Waals surface area contributed by atoms with Crippen LogP contribution in [0, 0.1) is 6.92 Å². The van der Waals surface area contributed by atoms with Crippen LogP contribution in [0.1, 0.15) is 11.1 Å². The third-order valence-electron chi connectivity index (χ3n) is 2.88. The van der Waals surface area contributed by atoms with Gasteiger partial charge in [-0.3, -0.25) is 14.5 Å². The van der Waals surface area contributed by atoms with E-state index in [1.807, 2.05) is 37.3 Å². The van der Waals surface area contributed by atoms with Crippen molar-refractivity contribution < 1.29 is 14.7 Å². The first kappa shape index (κ1) is 15.5. The Bertz CT molecular complexity index is 665. The number of thiocarbonyl (C=S) groups is 1. The first-order valence-electron chi connectivity index (χ1n) is 6.18. The van der Waals surface area contributed by atoms with Crippen molar-refractivity contribution in [1.82, 2.24) is 4.90 Å². The Kier molecular flexibility index (Phi) is 4.93. The number of hydrogen-bond donors (Lipinski definition) is 1. The van der Waals surface area contributed by atoms with Crippen molar-refractivity contribution in [2.24, 2.45) is 0 Å². The van der Waals surface area contributed by atoms with Gasteiger partial charge in [-0.25, -0.2) is 0 Å². The molecule has 1 N–H and O–H groups in total. The molecular formula is C15H13NO3S2. The first-order chi connectivity index (χ1) is 9.99. The van der Waals surface area contributed by atoms with Gasteiger partial charge in [0.15, 0.2) is 0 Å². The van der Waals surface area contributed by atoms with Gasteiger partial charge in [0, 0.05) is 0 Å². The van der Waals surface area contributed by atoms with Gasteiger partial charge in [-0.05, 0) is 24.1 Å². The van der Waals surface area contributed by atoms with E-state index in [0.29, 0.717) is 4.91 Å². The van der Waals surface area contributed by atoms with E-state index in [-0.39, 0.29) is 10.2 Å². The molecule has 6 heteroatoms. The van der Waals surface area contributed by atoms with E-state index < -0.39 is 12.5 Å². The van der Waals surface area contributed by atoms with Crippen molar-refractivity contribution in [2.45, 2.75) is 6.92 Å². The second-order valence-corrected chi connectivity index (χ2v) is 6.08. The highest BCUT2D eigenvalue weighted by Gasteiger charge is 2.32. The van der Waals surface area contributed by atoms with E-state index in [9.17, 15) is 9.59 Å². The van der Waals surface area contributed by atoms with Gasteiger partial charge < -0.3 is 5.11 Å². The fraction of sp³-hybridized carbons (Fsp3) is 0.133. The molecule has 0 unspecified atom stereocenters. The number of carbonyl (C=O) groups excluding carboxylic acids is 1. The average molecular weight is 319 g/mol. The molecule has 0 radical (unpaired) electrons. The molecule has 21 heavy (non-hydrogen) atoms. The predicted molar refractivity (Wildman–Crippen MR) is 87.8 cm³/mol. The lowest BCUT2D eigenvalue weighted by molar-refractivity contribution is -0.140. The van der Waals surface area contributed by atoms with Gasteiger partial charge in [0.05, 0.1) is 4.91 Å². The maximum absolute atomic E-state index is 12.0. The zero-order valence-electron chi connectivity index (χ0n) is 11.3. The summed E-state index contributed by atoms with van der Waals surface area (Å²) in [5.74, 6) is -1.44. The molecule has 1 aliphatic heterocycles. The van der Waals surface area contributed by atoms with Crippen LogP contribution in [0.5, 0.6) is 0 Å². The van der Waals surface area contributed by atoms with E-state index in [4.69, 9.17) is 17.3 Å². The molecule has 1 heterocycles. The summed E-state index contributed by atoms with van der Waals surface area (Å²) in [7, 11) is 0. The van der Waals surface area contributed by atoms with Gasteiger partial charge in [0.1, 0.15) is 10.9 Å². The molecule has 1 aliphatic rings. The predicted octanol–water partition coefficient (Wildman–Crippen LogP) is 2.84. The van der Waals surface area contributed by atoms with Crippen molar-refractivity contribution in [3.05, 3.63) is 52.4 Å². The Hall–Kier alpha value is -1.92. The van der Waals surface area contributed by atoms with E-state index in [1.54, 1.807) is 12.2 Å². The molecule has 1 amide bonds. The summed E-state index contributed by atoms with van der Waals surface area (Å²) >= 11 is 6.13. The lowest BCUT2D eigenvalue weighted by Crippen LogP contribution is -2.33. The number of allylic oxidation sites excluding steroid dienone is 2. The summed E-state index contributed by atoms with van der Waals surface area (Å²) in [6.45, 7) is 1.61. The number of amides is 1. The third-order valence-corrected chi connectivity index (χ3v) is 4.27. The third kappa shape index (κ3) is 3.80. The van der Waals surface area contributed by atoms with Crippen LogP contribution in [0.15, 0.2) is 41.3 Å². The fourth-order valence-electron chi connectivity index (χ4n) is 1.80. The molecule has 1 fully saturated rings. The Labute approximate surface area is 132 Å². The Balaban J connectivity index is 2.12. The first-order valence-corrected chi connectivity index (χ1v) is 7.41. The standard InChI is InChI=1S/C15H13NO3S2/c1-10-5-2-3-6-11(10)7-4-8-12-14(19)16(9-13(17)18)15(20)21-12/h2-8H,9H2,1H3,(H,17,18)/b7-4+,12-8-. The smallest absolute Gasteiger partial charge is 0.323 e.